The van der Waals surface area contributed by atoms with Gasteiger partial charge >= 0.3 is 17.9 Å². The summed E-state index contributed by atoms with van der Waals surface area (Å²) in [6.07, 6.45) is 50.3. The average molecular weight is 789 g/mol. The van der Waals surface area contributed by atoms with E-state index in [2.05, 4.69) is 45.1 Å². The van der Waals surface area contributed by atoms with Crippen molar-refractivity contribution < 1.29 is 28.6 Å². The van der Waals surface area contributed by atoms with Crippen LogP contribution in [-0.2, 0) is 28.6 Å². The maximum Gasteiger partial charge on any atom is 0.306 e. The van der Waals surface area contributed by atoms with E-state index >= 15 is 0 Å². The summed E-state index contributed by atoms with van der Waals surface area (Å²) in [5.41, 5.74) is 0. The van der Waals surface area contributed by atoms with E-state index in [4.69, 9.17) is 14.2 Å². The second kappa shape index (κ2) is 45.6. The molecule has 0 spiro atoms. The molecule has 0 bridgehead atoms. The molecule has 0 amide bonds. The molecule has 6 nitrogen and oxygen atoms in total. The van der Waals surface area contributed by atoms with E-state index in [9.17, 15) is 14.4 Å². The Labute approximate surface area is 347 Å². The number of hydrogen-bond donors (Lipinski definition) is 0. The van der Waals surface area contributed by atoms with Gasteiger partial charge in [0.2, 0.25) is 0 Å². The molecule has 0 N–H and O–H groups in total. The molecule has 0 aromatic carbocycles. The van der Waals surface area contributed by atoms with Crippen LogP contribution in [0.5, 0.6) is 0 Å². The average Bonchev–Trinajstić information content (AvgIpc) is 3.19. The Balaban J connectivity index is 4.22. The third-order valence-electron chi connectivity index (χ3n) is 10.7. The van der Waals surface area contributed by atoms with Crippen LogP contribution in [0.1, 0.15) is 258 Å². The second-order valence-electron chi connectivity index (χ2n) is 16.4. The van der Waals surface area contributed by atoms with E-state index < -0.39 is 6.10 Å². The van der Waals surface area contributed by atoms with Crippen LogP contribution < -0.4 is 0 Å². The molecule has 328 valence electrons. The molecule has 0 saturated carbocycles. The van der Waals surface area contributed by atoms with Gasteiger partial charge in [-0.1, -0.05) is 212 Å². The fourth-order valence-corrected chi connectivity index (χ4v) is 7.00. The van der Waals surface area contributed by atoms with Gasteiger partial charge in [0.25, 0.3) is 0 Å². The first kappa shape index (κ1) is 53.9. The zero-order chi connectivity index (χ0) is 40.8. The minimum atomic E-state index is -0.766. The van der Waals surface area contributed by atoms with Crippen LogP contribution in [0.2, 0.25) is 0 Å². The highest BCUT2D eigenvalue weighted by Crippen LogP contribution is 2.15. The molecule has 0 aromatic heterocycles. The van der Waals surface area contributed by atoms with E-state index in [0.29, 0.717) is 19.3 Å². The highest BCUT2D eigenvalue weighted by Gasteiger charge is 2.19. The Hall–Kier alpha value is -2.11. The van der Waals surface area contributed by atoms with Crippen molar-refractivity contribution in [1.29, 1.82) is 0 Å². The van der Waals surface area contributed by atoms with Gasteiger partial charge in [-0.3, -0.25) is 14.4 Å². The first-order valence-electron chi connectivity index (χ1n) is 24.3. The molecule has 1 unspecified atom stereocenters. The largest absolute Gasteiger partial charge is 0.462 e. The molecule has 0 aromatic rings. The Kier molecular flexibility index (Phi) is 43.9. The topological polar surface area (TPSA) is 78.9 Å². The summed E-state index contributed by atoms with van der Waals surface area (Å²) in [5.74, 6) is -0.879. The first-order chi connectivity index (χ1) is 27.5. The Bertz CT molecular complexity index is 911. The summed E-state index contributed by atoms with van der Waals surface area (Å²) in [4.78, 5) is 37.6. The molecule has 6 heteroatoms. The van der Waals surface area contributed by atoms with Gasteiger partial charge in [0.15, 0.2) is 6.10 Å². The summed E-state index contributed by atoms with van der Waals surface area (Å²) < 4.78 is 16.7. The normalized spacial score (nSPS) is 12.1. The zero-order valence-electron chi connectivity index (χ0n) is 37.4. The van der Waals surface area contributed by atoms with Crippen molar-refractivity contribution in [1.82, 2.24) is 0 Å². The van der Waals surface area contributed by atoms with Gasteiger partial charge in [-0.25, -0.2) is 0 Å². The fraction of sp³-hybridized carbons (Fsp3) is 0.860. The maximum atomic E-state index is 12.7. The number of rotatable bonds is 44. The smallest absolute Gasteiger partial charge is 0.306 e. The second-order valence-corrected chi connectivity index (χ2v) is 16.4. The molecule has 0 fully saturated rings. The molecule has 1 atom stereocenters. The molecular weight excluding hydrogens is 697 g/mol. The number of esters is 3. The molecule has 56 heavy (non-hydrogen) atoms. The summed E-state index contributed by atoms with van der Waals surface area (Å²) in [5, 5.41) is 0. The summed E-state index contributed by atoms with van der Waals surface area (Å²) in [7, 11) is 0. The summed E-state index contributed by atoms with van der Waals surface area (Å²) in [6.45, 7) is 6.56. The van der Waals surface area contributed by atoms with Gasteiger partial charge in [0, 0.05) is 19.3 Å². The Morgan fingerprint density at radius 2 is 0.643 bits per heavy atom. The third-order valence-corrected chi connectivity index (χ3v) is 10.7. The number of carbonyl (C=O) groups excluding carboxylic acids is 3. The van der Waals surface area contributed by atoms with E-state index in [1.54, 1.807) is 0 Å². The maximum absolute atomic E-state index is 12.7. The van der Waals surface area contributed by atoms with E-state index in [1.165, 1.54) is 148 Å². The zero-order valence-corrected chi connectivity index (χ0v) is 37.4. The number of hydrogen-bond acceptors (Lipinski definition) is 6. The summed E-state index contributed by atoms with van der Waals surface area (Å²) >= 11 is 0. The number of unbranched alkanes of at least 4 members (excludes halogenated alkanes) is 29. The molecular formula is C50H92O6. The van der Waals surface area contributed by atoms with Crippen molar-refractivity contribution in [3.63, 3.8) is 0 Å². The van der Waals surface area contributed by atoms with Gasteiger partial charge in [-0.15, -0.1) is 0 Å². The van der Waals surface area contributed by atoms with Crippen LogP contribution in [0.3, 0.4) is 0 Å². The molecule has 0 radical (unpaired) electrons. The van der Waals surface area contributed by atoms with E-state index in [0.717, 1.165) is 70.6 Å². The lowest BCUT2D eigenvalue weighted by atomic mass is 10.0. The van der Waals surface area contributed by atoms with Gasteiger partial charge in [-0.05, 0) is 51.4 Å². The predicted octanol–water partition coefficient (Wildman–Crippen LogP) is 15.6. The predicted molar refractivity (Wildman–Crippen MR) is 238 cm³/mol. The van der Waals surface area contributed by atoms with Gasteiger partial charge < -0.3 is 14.2 Å². The SMILES string of the molecule is CCCCC/C=C\C/C=C\CCCCCCCCCC(=O)OCC(COC(=O)CCCCCCCC)OC(=O)CCCCCCCCCCCCCCCCC. The van der Waals surface area contributed by atoms with Crippen LogP contribution in [0.15, 0.2) is 24.3 Å². The molecule has 0 saturated heterocycles. The first-order valence-corrected chi connectivity index (χ1v) is 24.3. The van der Waals surface area contributed by atoms with Crippen molar-refractivity contribution in [2.24, 2.45) is 0 Å². The third kappa shape index (κ3) is 43.0. The molecule has 0 aliphatic rings. The van der Waals surface area contributed by atoms with Crippen molar-refractivity contribution in [2.75, 3.05) is 13.2 Å². The molecule has 0 aliphatic carbocycles. The van der Waals surface area contributed by atoms with Gasteiger partial charge in [-0.2, -0.15) is 0 Å². The Morgan fingerprint density at radius 3 is 1.02 bits per heavy atom. The minimum absolute atomic E-state index is 0.0709. The van der Waals surface area contributed by atoms with Crippen molar-refractivity contribution >= 4 is 17.9 Å². The van der Waals surface area contributed by atoms with Crippen molar-refractivity contribution in [3.05, 3.63) is 24.3 Å². The van der Waals surface area contributed by atoms with E-state index in [-0.39, 0.29) is 31.1 Å². The number of allylic oxidation sites excluding steroid dienone is 4. The van der Waals surface area contributed by atoms with Crippen molar-refractivity contribution in [2.45, 2.75) is 264 Å². The van der Waals surface area contributed by atoms with Gasteiger partial charge in [0.05, 0.1) is 0 Å². The Morgan fingerprint density at radius 1 is 0.357 bits per heavy atom. The standard InChI is InChI=1S/C50H92O6/c1-4-7-10-13-16-18-20-22-24-25-27-28-30-32-34-37-40-43-49(52)55-46-47(45-54-48(51)42-39-36-15-12-9-6-3)56-50(53)44-41-38-35-33-31-29-26-23-21-19-17-14-11-8-5-2/h16,18,22,24,47H,4-15,17,19-21,23,25-46H2,1-3H3/b18-16-,24-22-. The lowest BCUT2D eigenvalue weighted by Crippen LogP contribution is -2.30. The lowest BCUT2D eigenvalue weighted by Gasteiger charge is -2.18. The van der Waals surface area contributed by atoms with E-state index in [1.807, 2.05) is 0 Å². The van der Waals surface area contributed by atoms with Crippen LogP contribution >= 0.6 is 0 Å². The van der Waals surface area contributed by atoms with Crippen molar-refractivity contribution in [3.8, 4) is 0 Å². The fourth-order valence-electron chi connectivity index (χ4n) is 7.00. The molecule has 0 rings (SSSR count). The molecule has 0 aliphatic heterocycles. The highest BCUT2D eigenvalue weighted by atomic mass is 16.6. The quantitative estimate of drug-likeness (QED) is 0.0265. The van der Waals surface area contributed by atoms with Crippen LogP contribution in [-0.4, -0.2) is 37.2 Å². The summed E-state index contributed by atoms with van der Waals surface area (Å²) in [6, 6.07) is 0. The minimum Gasteiger partial charge on any atom is -0.462 e. The lowest BCUT2D eigenvalue weighted by molar-refractivity contribution is -0.167. The monoisotopic (exact) mass is 789 g/mol. The number of carbonyl (C=O) groups is 3. The molecule has 0 heterocycles. The van der Waals surface area contributed by atoms with Crippen LogP contribution in [0, 0.1) is 0 Å². The highest BCUT2D eigenvalue weighted by molar-refractivity contribution is 5.71. The van der Waals surface area contributed by atoms with Gasteiger partial charge in [0.1, 0.15) is 13.2 Å². The number of ether oxygens (including phenoxy) is 3. The van der Waals surface area contributed by atoms with Crippen LogP contribution in [0.25, 0.3) is 0 Å². The van der Waals surface area contributed by atoms with Crippen LogP contribution in [0.4, 0.5) is 0 Å².